The number of hydrogen-bond acceptors (Lipinski definition) is 4. The predicted molar refractivity (Wildman–Crippen MR) is 480 cm³/mol. The molecular weight excluding hydrogens is 1390 g/mol. The second-order valence-corrected chi connectivity index (χ2v) is 30.7. The molecule has 0 N–H and O–H groups in total. The molecule has 0 bridgehead atoms. The number of benzene rings is 13. The summed E-state index contributed by atoms with van der Waals surface area (Å²) >= 11 is 0. The summed E-state index contributed by atoms with van der Waals surface area (Å²) in [5.74, 6) is 3.55. The van der Waals surface area contributed by atoms with E-state index in [1.807, 2.05) is 0 Å². The molecule has 0 aliphatic rings. The van der Waals surface area contributed by atoms with Gasteiger partial charge in [-0.3, -0.25) is 0 Å². The molecule has 4 aromatic heterocycles. The second-order valence-electron chi connectivity index (χ2n) is 30.7. The number of ether oxygens (including phenoxy) is 4. The third-order valence-electron chi connectivity index (χ3n) is 23.1. The van der Waals surface area contributed by atoms with E-state index in [1.54, 1.807) is 0 Å². The molecular formula is C106H102N4O4. The third kappa shape index (κ3) is 17.2. The maximum absolute atomic E-state index is 6.44. The van der Waals surface area contributed by atoms with Crippen LogP contribution >= 0.6 is 0 Å². The number of unbranched alkanes of at least 4 members (excludes halogenated alkanes) is 12. The number of fused-ring (bicyclic) bond motifs is 12. The molecule has 8 heteroatoms. The van der Waals surface area contributed by atoms with Crippen LogP contribution in [0.3, 0.4) is 0 Å². The van der Waals surface area contributed by atoms with Gasteiger partial charge in [-0.15, -0.1) is 0 Å². The zero-order valence-corrected chi connectivity index (χ0v) is 65.6. The zero-order valence-electron chi connectivity index (χ0n) is 65.6. The number of para-hydroxylation sites is 8. The van der Waals surface area contributed by atoms with Crippen molar-refractivity contribution in [2.75, 3.05) is 26.4 Å². The summed E-state index contributed by atoms with van der Waals surface area (Å²) in [6.07, 6.45) is 22.3. The van der Waals surface area contributed by atoms with Gasteiger partial charge in [0.15, 0.2) is 0 Å². The largest absolute Gasteiger partial charge is 0.494 e. The molecule has 0 unspecified atom stereocenters. The van der Waals surface area contributed by atoms with Crippen LogP contribution in [0.25, 0.3) is 111 Å². The molecule has 13 aromatic carbocycles. The Morgan fingerprint density at radius 3 is 0.553 bits per heavy atom. The van der Waals surface area contributed by atoms with E-state index in [4.69, 9.17) is 18.9 Å². The van der Waals surface area contributed by atoms with Gasteiger partial charge in [-0.25, -0.2) is 0 Å². The first-order chi connectivity index (χ1) is 56.6. The predicted octanol–water partition coefficient (Wildman–Crippen LogP) is 27.9. The molecule has 0 fully saturated rings. The first-order valence-corrected chi connectivity index (χ1v) is 41.9. The molecule has 0 radical (unpaired) electrons. The smallest absolute Gasteiger partial charge is 0.119 e. The fourth-order valence-corrected chi connectivity index (χ4v) is 17.3. The normalized spacial score (nSPS) is 11.6. The van der Waals surface area contributed by atoms with Crippen molar-refractivity contribution in [3.8, 4) is 23.0 Å². The van der Waals surface area contributed by atoms with Gasteiger partial charge in [0.05, 0.1) is 26.4 Å². The van der Waals surface area contributed by atoms with Crippen LogP contribution < -0.4 is 18.9 Å². The molecule has 17 rings (SSSR count). The molecule has 0 atom stereocenters. The van der Waals surface area contributed by atoms with Crippen LogP contribution in [-0.4, -0.2) is 44.7 Å². The van der Waals surface area contributed by atoms with Gasteiger partial charge in [0.1, 0.15) is 23.0 Å². The van der Waals surface area contributed by atoms with Crippen molar-refractivity contribution < 1.29 is 18.9 Å². The Hall–Kier alpha value is -12.3. The molecule has 0 saturated heterocycles. The van der Waals surface area contributed by atoms with Gasteiger partial charge in [0, 0.05) is 113 Å². The monoisotopic (exact) mass is 1490 g/mol. The maximum atomic E-state index is 6.44. The minimum atomic E-state index is 0.685. The van der Waals surface area contributed by atoms with Crippen molar-refractivity contribution in [2.45, 2.75) is 129 Å². The van der Waals surface area contributed by atoms with E-state index >= 15 is 0 Å². The number of nitrogens with zero attached hydrogens (tertiary/aromatic N) is 4. The number of hydrogen-bond donors (Lipinski definition) is 0. The summed E-state index contributed by atoms with van der Waals surface area (Å²) in [6.45, 7) is 6.79. The Kier molecular flexibility index (Phi) is 23.8. The molecule has 0 aliphatic heterocycles. The van der Waals surface area contributed by atoms with Gasteiger partial charge in [-0.2, -0.15) is 0 Å². The molecule has 4 heterocycles. The van der Waals surface area contributed by atoms with Gasteiger partial charge < -0.3 is 37.2 Å². The van der Waals surface area contributed by atoms with Crippen LogP contribution in [0.5, 0.6) is 23.0 Å². The highest BCUT2D eigenvalue weighted by atomic mass is 16.5. The average Bonchev–Trinajstić information content (AvgIpc) is 1.63. The Balaban J connectivity index is 0.555. The fraction of sp³-hybridized carbons (Fsp3) is 0.226. The molecule has 0 saturated carbocycles. The second kappa shape index (κ2) is 36.5. The lowest BCUT2D eigenvalue weighted by atomic mass is 9.94. The summed E-state index contributed by atoms with van der Waals surface area (Å²) < 4.78 is 35.7. The van der Waals surface area contributed by atoms with Crippen LogP contribution in [0.2, 0.25) is 0 Å². The summed E-state index contributed by atoms with van der Waals surface area (Å²) in [5.41, 5.74) is 19.5. The average molecular weight is 1500 g/mol. The summed E-state index contributed by atoms with van der Waals surface area (Å²) in [6, 6.07) is 114. The van der Waals surface area contributed by atoms with E-state index in [1.165, 1.54) is 87.2 Å². The lowest BCUT2D eigenvalue weighted by Crippen LogP contribution is -2.00. The minimum Gasteiger partial charge on any atom is -0.494 e. The maximum Gasteiger partial charge on any atom is 0.119 e. The van der Waals surface area contributed by atoms with Crippen molar-refractivity contribution in [3.63, 3.8) is 0 Å². The van der Waals surface area contributed by atoms with E-state index in [0.29, 0.717) is 26.4 Å². The van der Waals surface area contributed by atoms with E-state index in [9.17, 15) is 0 Å². The van der Waals surface area contributed by atoms with Gasteiger partial charge in [-0.05, 0) is 205 Å². The molecule has 17 aromatic rings. The Morgan fingerprint density at radius 1 is 0.184 bits per heavy atom. The van der Waals surface area contributed by atoms with Gasteiger partial charge >= 0.3 is 0 Å². The van der Waals surface area contributed by atoms with E-state index in [-0.39, 0.29) is 0 Å². The summed E-state index contributed by atoms with van der Waals surface area (Å²) in [4.78, 5) is 0. The van der Waals surface area contributed by atoms with Gasteiger partial charge in [-0.1, -0.05) is 270 Å². The van der Waals surface area contributed by atoms with Crippen LogP contribution in [0.4, 0.5) is 0 Å². The summed E-state index contributed by atoms with van der Waals surface area (Å²) in [5, 5.41) is 10.7. The van der Waals surface area contributed by atoms with Crippen LogP contribution in [0.15, 0.2) is 315 Å². The Bertz CT molecular complexity index is 5180. The van der Waals surface area contributed by atoms with Gasteiger partial charge in [0.25, 0.3) is 0 Å². The van der Waals surface area contributed by atoms with Crippen molar-refractivity contribution in [3.05, 3.63) is 349 Å². The zero-order chi connectivity index (χ0) is 76.5. The fourth-order valence-electron chi connectivity index (χ4n) is 17.3. The molecule has 570 valence electrons. The molecule has 0 amide bonds. The summed E-state index contributed by atoms with van der Waals surface area (Å²) in [7, 11) is 0. The van der Waals surface area contributed by atoms with Crippen LogP contribution in [0.1, 0.15) is 136 Å². The topological polar surface area (TPSA) is 56.6 Å². The number of aromatic nitrogens is 4. The lowest BCUT2D eigenvalue weighted by Gasteiger charge is -2.13. The Labute approximate surface area is 670 Å². The molecule has 0 aliphatic carbocycles. The highest BCUT2D eigenvalue weighted by Gasteiger charge is 2.17. The van der Waals surface area contributed by atoms with E-state index < -0.39 is 0 Å². The van der Waals surface area contributed by atoms with E-state index in [2.05, 4.69) is 346 Å². The third-order valence-corrected chi connectivity index (χ3v) is 23.1. The van der Waals surface area contributed by atoms with Gasteiger partial charge in [0.2, 0.25) is 0 Å². The molecule has 8 nitrogen and oxygen atoms in total. The highest BCUT2D eigenvalue weighted by molar-refractivity contribution is 6.11. The standard InChI is InChI=1S/C106H102N4O4/c1(25-69-107-99-41-17-9-33-89(99)90-34-10-18-42-100(90)107)5-29-73-111-85-61-53-81(54-62-85)97(82-55-63-86(64-56-82)112-74-30-6-2-26-70-108-101-43-19-11-35-91(101)92-36-12-20-44-102(92)108)77-79-49-51-80(52-50-79)78-98(83-57-65-87(66-58-83)113-75-31-7-3-27-71-109-103-45-21-13-37-93(103)94-38-14-22-46-104(94)109)84-59-67-88(68-60-84)114-76-32-8-4-28-72-110-105-47-23-15-39-95(105)96-40-16-24-48-106(96)110/h9-24,33-68,77-78H,1-8,25-32,69-76H2. The first kappa shape index (κ1) is 74.5. The van der Waals surface area contributed by atoms with Crippen LogP contribution in [-0.2, 0) is 26.2 Å². The van der Waals surface area contributed by atoms with Crippen molar-refractivity contribution >= 4 is 111 Å². The minimum absolute atomic E-state index is 0.685. The molecule has 114 heavy (non-hydrogen) atoms. The number of aryl methyl sites for hydroxylation is 4. The van der Waals surface area contributed by atoms with E-state index in [0.717, 1.165) is 196 Å². The quantitative estimate of drug-likeness (QED) is 0.0286. The van der Waals surface area contributed by atoms with Crippen molar-refractivity contribution in [1.82, 2.24) is 18.3 Å². The Morgan fingerprint density at radius 2 is 0.360 bits per heavy atom. The SMILES string of the molecule is C(=C(c1ccc(OCCCCCCn2c3ccccc3c3ccccc32)cc1)c1ccc(OCCCCCCn2c3ccccc3c3ccccc32)cc1)c1ccc(C=C(c2ccc(OCCCCCCn3c4ccccc4c4ccccc43)cc2)c2ccc(OCCCCCCn3c4ccccc4c4ccccc43)cc2)cc1. The highest BCUT2D eigenvalue weighted by Crippen LogP contribution is 2.37. The van der Waals surface area contributed by atoms with Crippen molar-refractivity contribution in [2.24, 2.45) is 0 Å². The lowest BCUT2D eigenvalue weighted by molar-refractivity contribution is 0.304. The number of rotatable bonds is 38. The van der Waals surface area contributed by atoms with Crippen molar-refractivity contribution in [1.29, 1.82) is 0 Å². The first-order valence-electron chi connectivity index (χ1n) is 41.9. The molecule has 0 spiro atoms. The van der Waals surface area contributed by atoms with Crippen LogP contribution in [0, 0.1) is 0 Å².